The van der Waals surface area contributed by atoms with Crippen LogP contribution in [0.3, 0.4) is 0 Å². The fourth-order valence-electron chi connectivity index (χ4n) is 0. The molecule has 7 heavy (non-hydrogen) atoms. The average Bonchev–Trinajstić information content (AvgIpc) is 0.918. The van der Waals surface area contributed by atoms with Gasteiger partial charge in [-0.3, -0.25) is 0 Å². The topological polar surface area (TPSA) is 9.23 Å². The second-order valence-electron chi connectivity index (χ2n) is 0.136. The van der Waals surface area contributed by atoms with Crippen molar-refractivity contribution >= 4 is 33.2 Å². The molecule has 0 fully saturated rings. The molecule has 0 amide bonds. The van der Waals surface area contributed by atoms with Gasteiger partial charge in [0.25, 0.3) is 0 Å². The quantitative estimate of drug-likeness (QED) is 0.289. The Kier molecular flexibility index (Phi) is 122. The van der Waals surface area contributed by atoms with Crippen LogP contribution >= 0.6 is 0 Å². The molecule has 0 aromatic rings. The van der Waals surface area contributed by atoms with Crippen molar-refractivity contribution in [3.05, 3.63) is 0 Å². The van der Waals surface area contributed by atoms with E-state index in [2.05, 4.69) is 2.84 Å². The van der Waals surface area contributed by atoms with Crippen LogP contribution < -0.4 is 0 Å². The zero-order valence-electron chi connectivity index (χ0n) is 4.39. The first kappa shape index (κ1) is 29.2. The fourth-order valence-corrected chi connectivity index (χ4v) is 0. The van der Waals surface area contributed by atoms with Gasteiger partial charge in [0.2, 0.25) is 0 Å². The molecule has 1 nitrogen and oxygen atoms in total. The van der Waals surface area contributed by atoms with Crippen LogP contribution in [0.25, 0.3) is 0 Å². The van der Waals surface area contributed by atoms with Crippen LogP contribution in [0.4, 0.5) is 0 Å². The van der Waals surface area contributed by atoms with Gasteiger partial charge in [-0.2, -0.15) is 0 Å². The van der Waals surface area contributed by atoms with Crippen LogP contribution in [-0.4, -0.2) is 33.2 Å². The minimum absolute atomic E-state index is 0. The van der Waals surface area contributed by atoms with Gasteiger partial charge < -0.3 is 2.84 Å². The predicted octanol–water partition coefficient (Wildman–Crippen LogP) is -0.830. The van der Waals surface area contributed by atoms with Gasteiger partial charge in [0.15, 0.2) is 0 Å². The van der Waals surface area contributed by atoms with Gasteiger partial charge in [-0.25, -0.2) is 0 Å². The molecule has 0 saturated carbocycles. The molecule has 0 heterocycles. The number of hydrogen-bond acceptors (Lipinski definition) is 1. The van der Waals surface area contributed by atoms with Crippen LogP contribution in [0.5, 0.6) is 0 Å². The van der Waals surface area contributed by atoms with Crippen molar-refractivity contribution in [1.82, 2.24) is 0 Å². The Balaban J connectivity index is -0.00000000333. The van der Waals surface area contributed by atoms with Crippen LogP contribution in [0.2, 0.25) is 0 Å². The van der Waals surface area contributed by atoms with Crippen molar-refractivity contribution in [2.75, 3.05) is 0 Å². The standard InChI is InChI=1S/2Al.O.4Ra. The third-order valence-corrected chi connectivity index (χ3v) is 0. The SMILES string of the molecule is [Al][O][Al].[Ra].[Ra].[Ra].[Ra]. The zero-order chi connectivity index (χ0) is 2.71. The van der Waals surface area contributed by atoms with Crippen molar-refractivity contribution in [2.45, 2.75) is 0 Å². The summed E-state index contributed by atoms with van der Waals surface area (Å²) < 4.78 is 4.08. The maximum Gasteiger partial charge on any atom is 0.331 e. The summed E-state index contributed by atoms with van der Waals surface area (Å²) in [6.45, 7) is 0. The van der Waals surface area contributed by atoms with E-state index in [0.29, 0.717) is 0 Å². The molecule has 0 aromatic heterocycles. The van der Waals surface area contributed by atoms with E-state index in [1.807, 2.05) is 33.2 Å². The van der Waals surface area contributed by atoms with E-state index in [9.17, 15) is 0 Å². The van der Waals surface area contributed by atoms with Crippen molar-refractivity contribution in [1.29, 1.82) is 0 Å². The second kappa shape index (κ2) is 29.3. The minimum atomic E-state index is 0. The Bertz CT molecular complexity index is 9.65. The van der Waals surface area contributed by atoms with Crippen LogP contribution in [0.1, 0.15) is 0 Å². The van der Waals surface area contributed by atoms with Crippen LogP contribution in [-0.2, 0) is 2.84 Å². The molecule has 0 spiro atoms. The largest absolute Gasteiger partial charge is 0.663 e. The van der Waals surface area contributed by atoms with E-state index >= 15 is 0 Å². The molecule has 0 N–H and O–H groups in total. The molecular weight excluding hydrogens is 974 g/mol. The van der Waals surface area contributed by atoms with Gasteiger partial charge in [0.05, 0.1) is 0 Å². The van der Waals surface area contributed by atoms with Gasteiger partial charge >= 0.3 is 33.2 Å². The summed E-state index contributed by atoms with van der Waals surface area (Å²) >= 11 is 4.08. The van der Waals surface area contributed by atoms with Gasteiger partial charge in [0.1, 0.15) is 0 Å². The molecule has 0 atom stereocenters. The molecule has 20 valence electrons. The molecule has 0 aliphatic rings. The van der Waals surface area contributed by atoms with E-state index in [0.717, 1.165) is 0 Å². The fraction of sp³-hybridized carbons (Fsp3) is 0. The molecule has 0 aromatic carbocycles. The first-order valence-corrected chi connectivity index (χ1v) is 1.41. The van der Waals surface area contributed by atoms with Gasteiger partial charge in [0, 0.05) is 180 Å². The Hall–Kier alpha value is 6.90. The minimum Gasteiger partial charge on any atom is -0.663 e. The first-order valence-electron chi connectivity index (χ1n) is 0.471. The van der Waals surface area contributed by atoms with Crippen molar-refractivity contribution in [3.63, 3.8) is 0 Å². The Labute approximate surface area is 208 Å². The summed E-state index contributed by atoms with van der Waals surface area (Å²) in [7, 11) is 0. The second-order valence-corrected chi connectivity index (χ2v) is 1.22. The molecule has 0 unspecified atom stereocenters. The van der Waals surface area contributed by atoms with Crippen molar-refractivity contribution in [2.24, 2.45) is 0 Å². The van der Waals surface area contributed by atoms with E-state index in [1.165, 1.54) is 0 Å². The summed E-state index contributed by atoms with van der Waals surface area (Å²) in [6, 6.07) is 0. The smallest absolute Gasteiger partial charge is 0.331 e. The van der Waals surface area contributed by atoms with Crippen molar-refractivity contribution < 1.29 is 183 Å². The summed E-state index contributed by atoms with van der Waals surface area (Å²) in [5.41, 5.74) is 0. The normalized spacial score (nSPS) is 2.29. The van der Waals surface area contributed by atoms with Gasteiger partial charge in [-0.15, -0.1) is 0 Å². The Morgan fingerprint density at radius 3 is 0.714 bits per heavy atom. The van der Waals surface area contributed by atoms with Crippen molar-refractivity contribution in [3.8, 4) is 0 Å². The Morgan fingerprint density at radius 2 is 0.714 bits per heavy atom. The maximum atomic E-state index is 4.08. The average molecular weight is 974 g/mol. The first-order chi connectivity index (χ1) is 1.41. The van der Waals surface area contributed by atoms with E-state index in [1.54, 1.807) is 0 Å². The van der Waals surface area contributed by atoms with E-state index in [4.69, 9.17) is 0 Å². The molecule has 7 heteroatoms. The van der Waals surface area contributed by atoms with Gasteiger partial charge in [-0.05, 0) is 0 Å². The molecule has 0 aliphatic heterocycles. The summed E-state index contributed by atoms with van der Waals surface area (Å²) in [4.78, 5) is 0. The molecular formula is Al2ORa4. The summed E-state index contributed by atoms with van der Waals surface area (Å²) in [6.07, 6.45) is 0. The van der Waals surface area contributed by atoms with Crippen LogP contribution in [0.15, 0.2) is 0 Å². The molecule has 0 aliphatic carbocycles. The Morgan fingerprint density at radius 1 is 0.714 bits per heavy atom. The molecule has 0 bridgehead atoms. The molecule has 12 radical (unpaired) electrons. The van der Waals surface area contributed by atoms with Gasteiger partial charge in [-0.1, -0.05) is 0 Å². The molecule has 0 rings (SSSR count). The monoisotopic (exact) mass is 974 g/mol. The van der Waals surface area contributed by atoms with E-state index in [-0.39, 0.29) is 180 Å². The van der Waals surface area contributed by atoms with Crippen LogP contribution in [0, 0.1) is 180 Å². The number of rotatable bonds is 0. The zero-order valence-corrected chi connectivity index (χ0v) is 29.9. The summed E-state index contributed by atoms with van der Waals surface area (Å²) in [5, 5.41) is 0. The van der Waals surface area contributed by atoms with E-state index < -0.39 is 0 Å². The third-order valence-electron chi connectivity index (χ3n) is 0. The predicted molar refractivity (Wildman–Crippen MR) is 12.6 cm³/mol. The third kappa shape index (κ3) is 32.2. The summed E-state index contributed by atoms with van der Waals surface area (Å²) in [5.74, 6) is 0. The maximum absolute atomic E-state index is 4.08. The number of hydrogen-bond donors (Lipinski definition) is 0. The molecule has 0 saturated heterocycles.